The fourth-order valence-electron chi connectivity index (χ4n) is 3.23. The third-order valence-corrected chi connectivity index (χ3v) is 4.83. The summed E-state index contributed by atoms with van der Waals surface area (Å²) in [5, 5.41) is 21.6. The van der Waals surface area contributed by atoms with E-state index >= 15 is 0 Å². The summed E-state index contributed by atoms with van der Waals surface area (Å²) < 4.78 is 0. The SMILES string of the molecule is CCCC(=O)C1=C(O)C(O)(C(=O)CCC(C)C)C(CCC(C)C)C1=O. The fraction of sp³-hybridized carbons (Fsp3) is 0.750. The fourth-order valence-corrected chi connectivity index (χ4v) is 3.23. The van der Waals surface area contributed by atoms with Crippen LogP contribution in [-0.2, 0) is 14.4 Å². The van der Waals surface area contributed by atoms with Crippen LogP contribution in [0.15, 0.2) is 11.3 Å². The zero-order valence-corrected chi connectivity index (χ0v) is 16.1. The molecule has 1 aliphatic carbocycles. The Kier molecular flexibility index (Phi) is 7.54. The molecule has 2 unspecified atom stereocenters. The molecule has 0 aromatic rings. The number of Topliss-reactive ketones (excluding diaryl/α,β-unsaturated/α-hetero) is 3. The van der Waals surface area contributed by atoms with E-state index < -0.39 is 34.6 Å². The lowest BCUT2D eigenvalue weighted by atomic mass is 9.79. The van der Waals surface area contributed by atoms with Crippen LogP contribution in [0.1, 0.15) is 73.1 Å². The molecule has 5 heteroatoms. The highest BCUT2D eigenvalue weighted by Gasteiger charge is 2.58. The number of aliphatic hydroxyl groups excluding tert-OH is 1. The average Bonchev–Trinajstić information content (AvgIpc) is 2.70. The third kappa shape index (κ3) is 4.57. The second-order valence-corrected chi connectivity index (χ2v) is 7.91. The van der Waals surface area contributed by atoms with Crippen LogP contribution in [0.5, 0.6) is 0 Å². The van der Waals surface area contributed by atoms with E-state index in [-0.39, 0.29) is 36.7 Å². The Morgan fingerprint density at radius 1 is 1.08 bits per heavy atom. The maximum atomic E-state index is 12.8. The van der Waals surface area contributed by atoms with Gasteiger partial charge in [-0.05, 0) is 31.1 Å². The van der Waals surface area contributed by atoms with Gasteiger partial charge in [-0.15, -0.1) is 0 Å². The molecular formula is C20H32O5. The van der Waals surface area contributed by atoms with Gasteiger partial charge in [-0.2, -0.15) is 0 Å². The first-order valence-electron chi connectivity index (χ1n) is 9.34. The number of hydrogen-bond acceptors (Lipinski definition) is 5. The van der Waals surface area contributed by atoms with Gasteiger partial charge in [0.15, 0.2) is 23.0 Å². The summed E-state index contributed by atoms with van der Waals surface area (Å²) in [6.45, 7) is 9.68. The minimum atomic E-state index is -2.25. The van der Waals surface area contributed by atoms with Crippen LogP contribution in [-0.4, -0.2) is 33.2 Å². The zero-order chi connectivity index (χ0) is 19.4. The van der Waals surface area contributed by atoms with Gasteiger partial charge in [0.1, 0.15) is 11.3 Å². The van der Waals surface area contributed by atoms with Crippen molar-refractivity contribution in [1.82, 2.24) is 0 Å². The summed E-state index contributed by atoms with van der Waals surface area (Å²) in [7, 11) is 0. The number of rotatable bonds is 10. The molecule has 0 spiro atoms. The first kappa shape index (κ1) is 21.6. The van der Waals surface area contributed by atoms with Crippen LogP contribution in [0.3, 0.4) is 0 Å². The maximum Gasteiger partial charge on any atom is 0.190 e. The molecule has 0 aromatic heterocycles. The zero-order valence-electron chi connectivity index (χ0n) is 16.1. The average molecular weight is 352 g/mol. The molecule has 1 rings (SSSR count). The van der Waals surface area contributed by atoms with Gasteiger partial charge in [-0.1, -0.05) is 41.0 Å². The van der Waals surface area contributed by atoms with E-state index in [4.69, 9.17) is 0 Å². The second kappa shape index (κ2) is 8.75. The summed E-state index contributed by atoms with van der Waals surface area (Å²) >= 11 is 0. The van der Waals surface area contributed by atoms with Crippen molar-refractivity contribution in [2.45, 2.75) is 78.7 Å². The first-order valence-corrected chi connectivity index (χ1v) is 9.34. The van der Waals surface area contributed by atoms with Crippen molar-refractivity contribution < 1.29 is 24.6 Å². The molecule has 0 fully saturated rings. The van der Waals surface area contributed by atoms with E-state index in [0.29, 0.717) is 19.3 Å². The van der Waals surface area contributed by atoms with Crippen LogP contribution >= 0.6 is 0 Å². The van der Waals surface area contributed by atoms with Crippen LogP contribution in [0.25, 0.3) is 0 Å². The van der Waals surface area contributed by atoms with Gasteiger partial charge in [0, 0.05) is 12.8 Å². The highest BCUT2D eigenvalue weighted by molar-refractivity contribution is 6.25. The van der Waals surface area contributed by atoms with Crippen LogP contribution in [0.4, 0.5) is 0 Å². The molecule has 0 heterocycles. The number of carbonyl (C=O) groups is 3. The van der Waals surface area contributed by atoms with Crippen LogP contribution < -0.4 is 0 Å². The van der Waals surface area contributed by atoms with Crippen molar-refractivity contribution in [2.24, 2.45) is 17.8 Å². The van der Waals surface area contributed by atoms with Crippen LogP contribution in [0.2, 0.25) is 0 Å². The van der Waals surface area contributed by atoms with Crippen molar-refractivity contribution in [2.75, 3.05) is 0 Å². The summed E-state index contributed by atoms with van der Waals surface area (Å²) in [6.07, 6.45) is 2.15. The molecule has 0 aromatic carbocycles. The quantitative estimate of drug-likeness (QED) is 0.587. The summed E-state index contributed by atoms with van der Waals surface area (Å²) in [6, 6.07) is 0. The van der Waals surface area contributed by atoms with Crippen molar-refractivity contribution in [3.63, 3.8) is 0 Å². The van der Waals surface area contributed by atoms with Crippen molar-refractivity contribution in [3.05, 3.63) is 11.3 Å². The maximum absolute atomic E-state index is 12.8. The Morgan fingerprint density at radius 3 is 2.12 bits per heavy atom. The Balaban J connectivity index is 3.25. The lowest BCUT2D eigenvalue weighted by Crippen LogP contribution is -2.47. The standard InChI is InChI=1S/C20H32O5/c1-6-7-15(21)17-18(23)14(10-8-12(2)3)20(25,19(17)24)16(22)11-9-13(4)5/h12-14,24-25H,6-11H2,1-5H3. The van der Waals surface area contributed by atoms with Crippen molar-refractivity contribution in [3.8, 4) is 0 Å². The van der Waals surface area contributed by atoms with Gasteiger partial charge in [-0.25, -0.2) is 0 Å². The van der Waals surface area contributed by atoms with Crippen molar-refractivity contribution in [1.29, 1.82) is 0 Å². The largest absolute Gasteiger partial charge is 0.508 e. The molecule has 1 aliphatic rings. The van der Waals surface area contributed by atoms with Crippen molar-refractivity contribution >= 4 is 17.3 Å². The number of hydrogen-bond donors (Lipinski definition) is 2. The highest BCUT2D eigenvalue weighted by Crippen LogP contribution is 2.42. The van der Waals surface area contributed by atoms with Crippen LogP contribution in [0, 0.1) is 17.8 Å². The van der Waals surface area contributed by atoms with E-state index in [9.17, 15) is 24.6 Å². The molecule has 5 nitrogen and oxygen atoms in total. The van der Waals surface area contributed by atoms with Gasteiger partial charge in [-0.3, -0.25) is 14.4 Å². The van der Waals surface area contributed by atoms with Gasteiger partial charge in [0.2, 0.25) is 0 Å². The topological polar surface area (TPSA) is 91.7 Å². The number of allylic oxidation sites excluding steroid dienone is 1. The number of aliphatic hydroxyl groups is 2. The monoisotopic (exact) mass is 352 g/mol. The molecule has 0 amide bonds. The molecular weight excluding hydrogens is 320 g/mol. The molecule has 2 N–H and O–H groups in total. The van der Waals surface area contributed by atoms with Gasteiger partial charge >= 0.3 is 0 Å². The van der Waals surface area contributed by atoms with E-state index in [2.05, 4.69) is 0 Å². The molecule has 2 atom stereocenters. The normalized spacial score (nSPS) is 23.8. The van der Waals surface area contributed by atoms with E-state index in [1.165, 1.54) is 0 Å². The summed E-state index contributed by atoms with van der Waals surface area (Å²) in [4.78, 5) is 37.7. The molecule has 0 saturated heterocycles. The minimum absolute atomic E-state index is 0.0684. The van der Waals surface area contributed by atoms with Gasteiger partial charge < -0.3 is 10.2 Å². The predicted octanol–water partition coefficient (Wildman–Crippen LogP) is 3.54. The van der Waals surface area contributed by atoms with E-state index in [1.54, 1.807) is 6.92 Å². The molecule has 0 aliphatic heterocycles. The number of ketones is 3. The second-order valence-electron chi connectivity index (χ2n) is 7.91. The Bertz CT molecular complexity index is 558. The molecule has 0 saturated carbocycles. The van der Waals surface area contributed by atoms with E-state index in [1.807, 2.05) is 27.7 Å². The molecule has 0 radical (unpaired) electrons. The first-order chi connectivity index (χ1) is 11.6. The van der Waals surface area contributed by atoms with E-state index in [0.717, 1.165) is 0 Å². The molecule has 25 heavy (non-hydrogen) atoms. The lowest BCUT2D eigenvalue weighted by Gasteiger charge is -2.28. The Hall–Kier alpha value is -1.49. The summed E-state index contributed by atoms with van der Waals surface area (Å²) in [5.74, 6) is -2.90. The van der Waals surface area contributed by atoms with Gasteiger partial charge in [0.05, 0.1) is 5.92 Å². The smallest absolute Gasteiger partial charge is 0.190 e. The molecule has 142 valence electrons. The Morgan fingerprint density at radius 2 is 1.64 bits per heavy atom. The summed E-state index contributed by atoms with van der Waals surface area (Å²) in [5.41, 5.74) is -2.62. The molecule has 0 bridgehead atoms. The lowest BCUT2D eigenvalue weighted by molar-refractivity contribution is -0.145. The number of carbonyl (C=O) groups excluding carboxylic acids is 3. The predicted molar refractivity (Wildman–Crippen MR) is 96.2 cm³/mol. The minimum Gasteiger partial charge on any atom is -0.508 e. The van der Waals surface area contributed by atoms with Gasteiger partial charge in [0.25, 0.3) is 0 Å². The third-order valence-electron chi connectivity index (χ3n) is 4.83. The Labute approximate surface area is 150 Å². The highest BCUT2D eigenvalue weighted by atomic mass is 16.3.